The molecule has 4 fully saturated rings. The van der Waals surface area contributed by atoms with Gasteiger partial charge in [0.2, 0.25) is 10.0 Å². The lowest BCUT2D eigenvalue weighted by atomic mass is 9.63. The second-order valence-electron chi connectivity index (χ2n) is 18.6. The summed E-state index contributed by atoms with van der Waals surface area (Å²) in [6.45, 7) is 10.3. The minimum Gasteiger partial charge on any atom is -0.490 e. The minimum absolute atomic E-state index is 0.185. The quantitative estimate of drug-likeness (QED) is 0.341. The molecule has 2 aromatic carbocycles. The highest BCUT2D eigenvalue weighted by Crippen LogP contribution is 2.49. The highest BCUT2D eigenvalue weighted by molar-refractivity contribution is 7.90. The van der Waals surface area contributed by atoms with Crippen molar-refractivity contribution in [1.82, 2.24) is 14.5 Å². The fourth-order valence-corrected chi connectivity index (χ4v) is 13.4. The number of allylic oxidation sites excluding steroid dienone is 1. The van der Waals surface area contributed by atoms with Crippen molar-refractivity contribution in [2.24, 2.45) is 23.7 Å². The van der Waals surface area contributed by atoms with Gasteiger partial charge in [-0.25, -0.2) is 13.1 Å². The molecule has 3 aliphatic carbocycles. The first kappa shape index (κ1) is 39.8. The number of hydrogen-bond donors (Lipinski definition) is 1. The van der Waals surface area contributed by atoms with E-state index in [-0.39, 0.29) is 17.3 Å². The van der Waals surface area contributed by atoms with Crippen LogP contribution < -0.4 is 14.4 Å². The summed E-state index contributed by atoms with van der Waals surface area (Å²) < 4.78 is 50.7. The molecule has 4 heterocycles. The van der Waals surface area contributed by atoms with E-state index >= 15 is 0 Å². The van der Waals surface area contributed by atoms with Crippen LogP contribution in [0.3, 0.4) is 0 Å². The zero-order chi connectivity index (χ0) is 39.4. The van der Waals surface area contributed by atoms with Gasteiger partial charge in [-0.2, -0.15) is 0 Å². The predicted molar refractivity (Wildman–Crippen MR) is 224 cm³/mol. The third kappa shape index (κ3) is 7.79. The SMILES string of the molecule is CO[C@]1(CN2CCN3CCOC[C@@H]3C2)/C=C\C[C@H](C)[C@@H](CC2CCC2)S(=O)(=O)NC(=O)c2ccc3c(c2)N(C[C@@H]2CC[C@H]21)C[C@@]1(CCCc2cc(Cl)ccc21)CO3. The number of rotatable bonds is 5. The number of carbonyl (C=O) groups excluding carboxylic acids is 1. The monoisotopic (exact) mass is 820 g/mol. The van der Waals surface area contributed by atoms with Crippen molar-refractivity contribution in [1.29, 1.82) is 0 Å². The molecule has 4 aliphatic heterocycles. The molecule has 0 aromatic heterocycles. The normalized spacial score (nSPS) is 35.3. The van der Waals surface area contributed by atoms with Crippen LogP contribution in [0, 0.1) is 23.7 Å². The highest BCUT2D eigenvalue weighted by Gasteiger charge is 2.50. The Morgan fingerprint density at radius 1 is 1.04 bits per heavy atom. The van der Waals surface area contributed by atoms with Crippen LogP contribution in [0.2, 0.25) is 5.02 Å². The van der Waals surface area contributed by atoms with Gasteiger partial charge in [-0.3, -0.25) is 14.6 Å². The van der Waals surface area contributed by atoms with Gasteiger partial charge >= 0.3 is 0 Å². The van der Waals surface area contributed by atoms with Gasteiger partial charge < -0.3 is 19.1 Å². The largest absolute Gasteiger partial charge is 0.490 e. The van der Waals surface area contributed by atoms with E-state index in [0.717, 1.165) is 127 Å². The lowest BCUT2D eigenvalue weighted by Crippen LogP contribution is -2.62. The average molecular weight is 822 g/mol. The summed E-state index contributed by atoms with van der Waals surface area (Å²) in [6.07, 6.45) is 14.0. The summed E-state index contributed by atoms with van der Waals surface area (Å²) >= 11 is 6.54. The third-order valence-electron chi connectivity index (χ3n) is 15.1. The molecule has 310 valence electrons. The summed E-state index contributed by atoms with van der Waals surface area (Å²) in [7, 11) is -2.12. The first-order valence-electron chi connectivity index (χ1n) is 21.7. The number of aryl methyl sites for hydroxylation is 1. The van der Waals surface area contributed by atoms with Crippen LogP contribution in [-0.4, -0.2) is 114 Å². The fourth-order valence-electron chi connectivity index (χ4n) is 11.5. The fraction of sp³-hybridized carbons (Fsp3) is 0.667. The minimum atomic E-state index is -3.99. The van der Waals surface area contributed by atoms with E-state index in [4.69, 9.17) is 25.8 Å². The number of sulfonamides is 1. The molecule has 9 rings (SSSR count). The van der Waals surface area contributed by atoms with Crippen LogP contribution in [-0.2, 0) is 31.3 Å². The molecule has 57 heavy (non-hydrogen) atoms. The lowest BCUT2D eigenvalue weighted by Gasteiger charge is -2.53. The number of nitrogens with zero attached hydrogens (tertiary/aromatic N) is 3. The van der Waals surface area contributed by atoms with Gasteiger partial charge in [-0.15, -0.1) is 0 Å². The summed E-state index contributed by atoms with van der Waals surface area (Å²) in [4.78, 5) is 21.6. The molecule has 10 nitrogen and oxygen atoms in total. The Morgan fingerprint density at radius 3 is 2.70 bits per heavy atom. The summed E-state index contributed by atoms with van der Waals surface area (Å²) in [6, 6.07) is 12.2. The van der Waals surface area contributed by atoms with Crippen LogP contribution >= 0.6 is 11.6 Å². The summed E-state index contributed by atoms with van der Waals surface area (Å²) in [5.41, 5.74) is 2.94. The van der Waals surface area contributed by atoms with Gasteiger partial charge in [0.15, 0.2) is 0 Å². The molecular weight excluding hydrogens is 760 g/mol. The maximum atomic E-state index is 14.3. The van der Waals surface area contributed by atoms with Crippen molar-refractivity contribution < 1.29 is 27.4 Å². The van der Waals surface area contributed by atoms with E-state index in [1.54, 1.807) is 6.07 Å². The number of halogens is 1. The maximum Gasteiger partial charge on any atom is 0.264 e. The zero-order valence-electron chi connectivity index (χ0n) is 33.8. The van der Waals surface area contributed by atoms with Gasteiger partial charge in [-0.05, 0) is 110 Å². The van der Waals surface area contributed by atoms with Gasteiger partial charge in [0.25, 0.3) is 5.91 Å². The van der Waals surface area contributed by atoms with Crippen molar-refractivity contribution in [3.63, 3.8) is 0 Å². The number of piperazine rings is 1. The van der Waals surface area contributed by atoms with Crippen LogP contribution in [0.5, 0.6) is 5.75 Å². The Morgan fingerprint density at radius 2 is 1.91 bits per heavy atom. The molecule has 0 unspecified atom stereocenters. The molecule has 7 aliphatic rings. The van der Waals surface area contributed by atoms with Crippen LogP contribution in [0.25, 0.3) is 0 Å². The van der Waals surface area contributed by atoms with E-state index in [9.17, 15) is 13.2 Å². The molecule has 2 aromatic rings. The topological polar surface area (TPSA) is 101 Å². The first-order valence-corrected chi connectivity index (χ1v) is 23.6. The number of carbonyl (C=O) groups is 1. The number of amides is 1. The lowest BCUT2D eigenvalue weighted by molar-refractivity contribution is -0.108. The van der Waals surface area contributed by atoms with E-state index in [1.165, 1.54) is 11.1 Å². The predicted octanol–water partition coefficient (Wildman–Crippen LogP) is 6.46. The zero-order valence-corrected chi connectivity index (χ0v) is 35.4. The Labute approximate surface area is 344 Å². The number of ether oxygens (including phenoxy) is 3. The number of morpholine rings is 1. The molecule has 2 bridgehead atoms. The maximum absolute atomic E-state index is 14.3. The Kier molecular flexibility index (Phi) is 11.2. The van der Waals surface area contributed by atoms with E-state index in [0.29, 0.717) is 42.9 Å². The van der Waals surface area contributed by atoms with Gasteiger partial charge in [0, 0.05) is 75.0 Å². The average Bonchev–Trinajstić information content (AvgIpc) is 3.31. The van der Waals surface area contributed by atoms with Gasteiger partial charge in [-0.1, -0.05) is 56.0 Å². The third-order valence-corrected chi connectivity index (χ3v) is 17.3. The van der Waals surface area contributed by atoms with Crippen molar-refractivity contribution in [2.45, 2.75) is 93.4 Å². The molecule has 12 heteroatoms. The van der Waals surface area contributed by atoms with Gasteiger partial charge in [0.05, 0.1) is 30.8 Å². The summed E-state index contributed by atoms with van der Waals surface area (Å²) in [5.74, 6) is 0.915. The van der Waals surface area contributed by atoms with Crippen molar-refractivity contribution in [3.05, 3.63) is 70.3 Å². The number of nitrogens with one attached hydrogen (secondary N) is 1. The molecule has 1 amide bonds. The molecule has 2 saturated heterocycles. The van der Waals surface area contributed by atoms with Crippen LogP contribution in [0.4, 0.5) is 5.69 Å². The molecule has 0 radical (unpaired) electrons. The highest BCUT2D eigenvalue weighted by atomic mass is 35.5. The second-order valence-corrected chi connectivity index (χ2v) is 20.9. The van der Waals surface area contributed by atoms with Crippen LogP contribution in [0.15, 0.2) is 48.6 Å². The van der Waals surface area contributed by atoms with E-state index in [2.05, 4.69) is 43.7 Å². The van der Waals surface area contributed by atoms with Crippen molar-refractivity contribution >= 4 is 33.2 Å². The molecule has 1 N–H and O–H groups in total. The number of fused-ring (bicyclic) bond motifs is 5. The standard InChI is InChI=1S/C45H61ClN4O6S/c1-31-6-4-17-45(54-2,29-48-18-19-49-20-21-55-27-37(49)26-48)39-13-10-35(39)25-50-28-44(16-5-9-33-23-36(46)12-14-38(33)44)30-56-41-15-11-34(24-40(41)50)43(51)47-57(52,53)42(31)22-32-7-3-8-32/h4,11-12,14-15,17,23-24,31-32,35,37,39,42H,3,5-10,13,16,18-22,25-30H2,1-2H3,(H,47,51)/b17-4-/t31-,35-,37-,39+,42+,44-,45-/m0/s1. The van der Waals surface area contributed by atoms with Crippen molar-refractivity contribution in [3.8, 4) is 5.75 Å². The first-order chi connectivity index (χ1) is 27.5. The Hall–Kier alpha value is -2.67. The van der Waals surface area contributed by atoms with Gasteiger partial charge in [0.1, 0.15) is 11.4 Å². The number of hydrogen-bond acceptors (Lipinski definition) is 9. The smallest absolute Gasteiger partial charge is 0.264 e. The van der Waals surface area contributed by atoms with Crippen LogP contribution in [0.1, 0.15) is 86.2 Å². The molecule has 7 atom stereocenters. The van der Waals surface area contributed by atoms with E-state index < -0.39 is 26.8 Å². The number of methoxy groups -OCH3 is 1. The second kappa shape index (κ2) is 16.1. The molecule has 2 saturated carbocycles. The molecular formula is C45H61ClN4O6S. The Balaban J connectivity index is 1.11. The Bertz CT molecular complexity index is 1960. The van der Waals surface area contributed by atoms with E-state index in [1.807, 2.05) is 32.2 Å². The number of anilines is 1. The summed E-state index contributed by atoms with van der Waals surface area (Å²) in [5, 5.41) is 0.0692. The van der Waals surface area contributed by atoms with Crippen molar-refractivity contribution in [2.75, 3.05) is 77.6 Å². The molecule has 1 spiro atoms. The number of benzene rings is 2.